The lowest BCUT2D eigenvalue weighted by molar-refractivity contribution is 0.103. The van der Waals surface area contributed by atoms with Crippen LogP contribution in [0.1, 0.15) is 39.5 Å². The van der Waals surface area contributed by atoms with E-state index in [9.17, 15) is 4.79 Å². The number of ketones is 1. The predicted molar refractivity (Wildman–Crippen MR) is 64.7 cm³/mol. The van der Waals surface area contributed by atoms with Crippen molar-refractivity contribution in [1.82, 2.24) is 0 Å². The van der Waals surface area contributed by atoms with Gasteiger partial charge in [0.05, 0.1) is 0 Å². The van der Waals surface area contributed by atoms with E-state index in [0.717, 1.165) is 27.8 Å². The molecule has 0 spiro atoms. The number of carbonyl (C=O) groups excluding carboxylic acids is 1. The number of fused-ring (bicyclic) bond motifs is 1. The first-order valence-electron chi connectivity index (χ1n) is 5.53. The van der Waals surface area contributed by atoms with Gasteiger partial charge in [-0.25, -0.2) is 0 Å². The normalized spacial score (nSPS) is 14.0. The Labute approximate surface area is 95.6 Å². The SMILES string of the molecule is CC1=Cc2c(cc(C)c(CCO)c2C)C1=O. The predicted octanol–water partition coefficient (Wildman–Crippen LogP) is 2.44. The fourth-order valence-corrected chi connectivity index (χ4v) is 2.41. The molecule has 2 heteroatoms. The van der Waals surface area contributed by atoms with E-state index >= 15 is 0 Å². The van der Waals surface area contributed by atoms with Gasteiger partial charge in [0, 0.05) is 12.2 Å². The van der Waals surface area contributed by atoms with Crippen molar-refractivity contribution in [2.75, 3.05) is 6.61 Å². The van der Waals surface area contributed by atoms with E-state index in [0.29, 0.717) is 6.42 Å². The van der Waals surface area contributed by atoms with Crippen molar-refractivity contribution in [3.05, 3.63) is 39.5 Å². The lowest BCUT2D eigenvalue weighted by Crippen LogP contribution is -2.04. The quantitative estimate of drug-likeness (QED) is 0.824. The van der Waals surface area contributed by atoms with Crippen LogP contribution in [0.2, 0.25) is 0 Å². The number of carbonyl (C=O) groups is 1. The van der Waals surface area contributed by atoms with Crippen LogP contribution in [0.25, 0.3) is 6.08 Å². The number of aliphatic hydroxyl groups is 1. The Kier molecular flexibility index (Phi) is 2.68. The van der Waals surface area contributed by atoms with Gasteiger partial charge in [-0.05, 0) is 67.2 Å². The Morgan fingerprint density at radius 1 is 1.25 bits per heavy atom. The van der Waals surface area contributed by atoms with Crippen molar-refractivity contribution in [1.29, 1.82) is 0 Å². The molecule has 0 aliphatic heterocycles. The molecule has 1 aliphatic rings. The second-order valence-corrected chi connectivity index (χ2v) is 4.39. The van der Waals surface area contributed by atoms with Crippen LogP contribution < -0.4 is 0 Å². The fraction of sp³-hybridized carbons (Fsp3) is 0.357. The van der Waals surface area contributed by atoms with Crippen molar-refractivity contribution >= 4 is 11.9 Å². The maximum Gasteiger partial charge on any atom is 0.189 e. The number of aliphatic hydroxyl groups excluding tert-OH is 1. The van der Waals surface area contributed by atoms with Crippen molar-refractivity contribution in [2.45, 2.75) is 27.2 Å². The van der Waals surface area contributed by atoms with Crippen LogP contribution in [0.15, 0.2) is 11.6 Å². The summed E-state index contributed by atoms with van der Waals surface area (Å²) in [6.07, 6.45) is 2.61. The number of Topliss-reactive ketones (excluding diaryl/α,β-unsaturated/α-hetero) is 1. The lowest BCUT2D eigenvalue weighted by atomic mass is 9.92. The summed E-state index contributed by atoms with van der Waals surface area (Å²) in [6.45, 7) is 6.03. The average Bonchev–Trinajstić information content (AvgIpc) is 2.52. The molecule has 0 amide bonds. The molecule has 0 saturated heterocycles. The van der Waals surface area contributed by atoms with Gasteiger partial charge in [0.2, 0.25) is 0 Å². The number of rotatable bonds is 2. The van der Waals surface area contributed by atoms with E-state index in [1.54, 1.807) is 0 Å². The van der Waals surface area contributed by atoms with Gasteiger partial charge in [-0.15, -0.1) is 0 Å². The maximum atomic E-state index is 11.9. The number of hydrogen-bond acceptors (Lipinski definition) is 2. The monoisotopic (exact) mass is 216 g/mol. The highest BCUT2D eigenvalue weighted by Gasteiger charge is 2.22. The van der Waals surface area contributed by atoms with Crippen LogP contribution in [-0.2, 0) is 6.42 Å². The van der Waals surface area contributed by atoms with Crippen LogP contribution >= 0.6 is 0 Å². The molecule has 0 radical (unpaired) electrons. The highest BCUT2D eigenvalue weighted by atomic mass is 16.2. The number of allylic oxidation sites excluding steroid dienone is 1. The summed E-state index contributed by atoms with van der Waals surface area (Å²) in [6, 6.07) is 1.95. The highest BCUT2D eigenvalue weighted by Crippen LogP contribution is 2.31. The smallest absolute Gasteiger partial charge is 0.189 e. The van der Waals surface area contributed by atoms with Gasteiger partial charge in [-0.3, -0.25) is 4.79 Å². The lowest BCUT2D eigenvalue weighted by Gasteiger charge is -2.12. The standard InChI is InChI=1S/C14H16O2/c1-8-6-13-12(7-9(2)14(13)16)10(3)11(8)4-5-15/h6-7,15H,4-5H2,1-3H3. The summed E-state index contributed by atoms with van der Waals surface area (Å²) in [5, 5.41) is 9.04. The second kappa shape index (κ2) is 3.87. The molecule has 0 unspecified atom stereocenters. The van der Waals surface area contributed by atoms with E-state index in [1.165, 1.54) is 5.56 Å². The zero-order chi connectivity index (χ0) is 11.9. The van der Waals surface area contributed by atoms with Crippen molar-refractivity contribution < 1.29 is 9.90 Å². The van der Waals surface area contributed by atoms with Gasteiger partial charge in [-0.2, -0.15) is 0 Å². The molecular weight excluding hydrogens is 200 g/mol. The molecule has 0 aromatic heterocycles. The van der Waals surface area contributed by atoms with E-state index in [2.05, 4.69) is 0 Å². The summed E-state index contributed by atoms with van der Waals surface area (Å²) in [5.41, 5.74) is 6.06. The minimum atomic E-state index is 0.136. The van der Waals surface area contributed by atoms with E-state index in [-0.39, 0.29) is 12.4 Å². The Bertz CT molecular complexity index is 496. The van der Waals surface area contributed by atoms with Gasteiger partial charge in [0.25, 0.3) is 0 Å². The summed E-state index contributed by atoms with van der Waals surface area (Å²) in [5.74, 6) is 0.136. The molecule has 0 heterocycles. The van der Waals surface area contributed by atoms with Crippen LogP contribution in [-0.4, -0.2) is 17.5 Å². The third kappa shape index (κ3) is 1.50. The van der Waals surface area contributed by atoms with Crippen LogP contribution in [0, 0.1) is 13.8 Å². The molecule has 1 aliphatic carbocycles. The zero-order valence-corrected chi connectivity index (χ0v) is 9.92. The van der Waals surface area contributed by atoms with Gasteiger partial charge in [-0.1, -0.05) is 0 Å². The Morgan fingerprint density at radius 2 is 1.94 bits per heavy atom. The van der Waals surface area contributed by atoms with Crippen LogP contribution in [0.4, 0.5) is 0 Å². The number of benzene rings is 1. The largest absolute Gasteiger partial charge is 0.396 e. The Balaban J connectivity index is 2.64. The second-order valence-electron chi connectivity index (χ2n) is 4.39. The molecule has 2 rings (SSSR count). The molecule has 1 aromatic rings. The summed E-state index contributed by atoms with van der Waals surface area (Å²) in [7, 11) is 0. The minimum Gasteiger partial charge on any atom is -0.396 e. The first kappa shape index (κ1) is 11.1. The van der Waals surface area contributed by atoms with E-state index in [4.69, 9.17) is 5.11 Å². The number of aryl methyl sites for hydroxylation is 1. The average molecular weight is 216 g/mol. The van der Waals surface area contributed by atoms with Gasteiger partial charge >= 0.3 is 0 Å². The third-order valence-corrected chi connectivity index (χ3v) is 3.31. The van der Waals surface area contributed by atoms with E-state index in [1.807, 2.05) is 32.9 Å². The van der Waals surface area contributed by atoms with Crippen molar-refractivity contribution in [2.24, 2.45) is 0 Å². The minimum absolute atomic E-state index is 0.136. The molecule has 0 bridgehead atoms. The van der Waals surface area contributed by atoms with Crippen molar-refractivity contribution in [3.8, 4) is 0 Å². The molecule has 0 fully saturated rings. The molecule has 1 aromatic carbocycles. The molecule has 2 nitrogen and oxygen atoms in total. The summed E-state index contributed by atoms with van der Waals surface area (Å²) in [4.78, 5) is 11.9. The fourth-order valence-electron chi connectivity index (χ4n) is 2.41. The van der Waals surface area contributed by atoms with Gasteiger partial charge in [0.15, 0.2) is 5.78 Å². The molecular formula is C14H16O2. The van der Waals surface area contributed by atoms with Crippen LogP contribution in [0.5, 0.6) is 0 Å². The first-order chi connectivity index (χ1) is 7.56. The highest BCUT2D eigenvalue weighted by molar-refractivity contribution is 6.18. The van der Waals surface area contributed by atoms with Gasteiger partial charge < -0.3 is 5.11 Å². The van der Waals surface area contributed by atoms with E-state index < -0.39 is 0 Å². The maximum absolute atomic E-state index is 11.9. The van der Waals surface area contributed by atoms with Crippen LogP contribution in [0.3, 0.4) is 0 Å². The Hall–Kier alpha value is -1.41. The molecule has 84 valence electrons. The zero-order valence-electron chi connectivity index (χ0n) is 9.92. The first-order valence-corrected chi connectivity index (χ1v) is 5.53. The number of hydrogen-bond donors (Lipinski definition) is 1. The molecule has 1 N–H and O–H groups in total. The molecule has 16 heavy (non-hydrogen) atoms. The molecule has 0 atom stereocenters. The Morgan fingerprint density at radius 3 is 2.56 bits per heavy atom. The third-order valence-electron chi connectivity index (χ3n) is 3.31. The molecule has 0 saturated carbocycles. The topological polar surface area (TPSA) is 37.3 Å². The van der Waals surface area contributed by atoms with Crippen molar-refractivity contribution in [3.63, 3.8) is 0 Å². The van der Waals surface area contributed by atoms with Gasteiger partial charge in [0.1, 0.15) is 0 Å². The summed E-state index contributed by atoms with van der Waals surface area (Å²) >= 11 is 0. The summed E-state index contributed by atoms with van der Waals surface area (Å²) < 4.78 is 0.